The molecule has 1 atom stereocenters. The summed E-state index contributed by atoms with van der Waals surface area (Å²) in [6.45, 7) is 5.88. The van der Waals surface area contributed by atoms with E-state index in [1.165, 1.54) is 51.7 Å². The zero-order chi connectivity index (χ0) is 11.2. The van der Waals surface area contributed by atoms with Gasteiger partial charge in [-0.05, 0) is 25.9 Å². The van der Waals surface area contributed by atoms with Crippen molar-refractivity contribution in [3.63, 3.8) is 0 Å². The Bertz CT molecular complexity index is 190. The van der Waals surface area contributed by atoms with Gasteiger partial charge < -0.3 is 15.5 Å². The van der Waals surface area contributed by atoms with Crippen LogP contribution < -0.4 is 10.6 Å². The van der Waals surface area contributed by atoms with Gasteiger partial charge in [0.25, 0.3) is 0 Å². The molecule has 16 heavy (non-hydrogen) atoms. The van der Waals surface area contributed by atoms with Crippen LogP contribution in [0.3, 0.4) is 0 Å². The largest absolute Gasteiger partial charge is 0.315 e. The van der Waals surface area contributed by atoms with E-state index in [-0.39, 0.29) is 0 Å². The van der Waals surface area contributed by atoms with Gasteiger partial charge in [0.2, 0.25) is 0 Å². The average Bonchev–Trinajstić information content (AvgIpc) is 2.77. The summed E-state index contributed by atoms with van der Waals surface area (Å²) in [6.07, 6.45) is 7.29. The van der Waals surface area contributed by atoms with E-state index in [0.717, 1.165) is 19.0 Å². The van der Waals surface area contributed by atoms with Crippen LogP contribution in [0.25, 0.3) is 0 Å². The smallest absolute Gasteiger partial charge is 0.0320 e. The Morgan fingerprint density at radius 2 is 2.12 bits per heavy atom. The fourth-order valence-electron chi connectivity index (χ4n) is 3.01. The van der Waals surface area contributed by atoms with E-state index < -0.39 is 0 Å². The van der Waals surface area contributed by atoms with Crippen molar-refractivity contribution < 1.29 is 0 Å². The summed E-state index contributed by atoms with van der Waals surface area (Å²) in [4.78, 5) is 2.42. The minimum absolute atomic E-state index is 0.655. The highest BCUT2D eigenvalue weighted by Gasteiger charge is 2.17. The maximum atomic E-state index is 3.61. The quantitative estimate of drug-likeness (QED) is 0.685. The molecule has 3 heteroatoms. The molecule has 1 aliphatic carbocycles. The summed E-state index contributed by atoms with van der Waals surface area (Å²) < 4.78 is 0. The van der Waals surface area contributed by atoms with Crippen molar-refractivity contribution in [2.24, 2.45) is 5.92 Å². The fraction of sp³-hybridized carbons (Fsp3) is 1.00. The number of nitrogens with one attached hydrogen (secondary N) is 2. The Balaban J connectivity index is 1.50. The SMILES string of the molecule is CN1CCNC(CNCCC2CCCC2)C1. The molecule has 0 aromatic rings. The average molecular weight is 225 g/mol. The molecule has 2 rings (SSSR count). The standard InChI is InChI=1S/C13H27N3/c1-16-9-8-15-13(11-16)10-14-7-6-12-4-2-3-5-12/h12-15H,2-11H2,1H3. The van der Waals surface area contributed by atoms with Crippen molar-refractivity contribution in [3.8, 4) is 0 Å². The lowest BCUT2D eigenvalue weighted by molar-refractivity contribution is 0.234. The number of likely N-dealkylation sites (N-methyl/N-ethyl adjacent to an activating group) is 1. The molecule has 0 radical (unpaired) electrons. The predicted molar refractivity (Wildman–Crippen MR) is 68.7 cm³/mol. The molecule has 3 nitrogen and oxygen atoms in total. The van der Waals surface area contributed by atoms with Crippen molar-refractivity contribution >= 4 is 0 Å². The molecule has 0 spiro atoms. The molecule has 0 aromatic heterocycles. The maximum Gasteiger partial charge on any atom is 0.0320 e. The molecule has 1 saturated heterocycles. The van der Waals surface area contributed by atoms with Crippen molar-refractivity contribution in [2.75, 3.05) is 39.8 Å². The third-order valence-electron chi connectivity index (χ3n) is 4.05. The first-order valence-electron chi connectivity index (χ1n) is 6.97. The van der Waals surface area contributed by atoms with Gasteiger partial charge in [0.15, 0.2) is 0 Å². The van der Waals surface area contributed by atoms with Gasteiger partial charge >= 0.3 is 0 Å². The highest BCUT2D eigenvalue weighted by Crippen LogP contribution is 2.26. The highest BCUT2D eigenvalue weighted by molar-refractivity contribution is 4.78. The Morgan fingerprint density at radius 3 is 2.88 bits per heavy atom. The van der Waals surface area contributed by atoms with Crippen LogP contribution in [0.5, 0.6) is 0 Å². The Kier molecular flexibility index (Phi) is 5.07. The van der Waals surface area contributed by atoms with Gasteiger partial charge in [-0.25, -0.2) is 0 Å². The Hall–Kier alpha value is -0.120. The lowest BCUT2D eigenvalue weighted by Gasteiger charge is -2.31. The van der Waals surface area contributed by atoms with Gasteiger partial charge in [-0.3, -0.25) is 0 Å². The van der Waals surface area contributed by atoms with E-state index in [1.54, 1.807) is 0 Å². The van der Waals surface area contributed by atoms with Crippen molar-refractivity contribution in [1.29, 1.82) is 0 Å². The number of rotatable bonds is 5. The molecule has 2 aliphatic rings. The number of piperazine rings is 1. The first kappa shape index (κ1) is 12.3. The molecule has 2 fully saturated rings. The normalized spacial score (nSPS) is 28.7. The zero-order valence-corrected chi connectivity index (χ0v) is 10.7. The fourth-order valence-corrected chi connectivity index (χ4v) is 3.01. The van der Waals surface area contributed by atoms with E-state index in [1.807, 2.05) is 0 Å². The van der Waals surface area contributed by atoms with Crippen LogP contribution in [0.1, 0.15) is 32.1 Å². The molecule has 0 aromatic carbocycles. The van der Waals surface area contributed by atoms with E-state index in [9.17, 15) is 0 Å². The molecule has 1 unspecified atom stereocenters. The van der Waals surface area contributed by atoms with Crippen LogP contribution in [0.15, 0.2) is 0 Å². The van der Waals surface area contributed by atoms with Crippen molar-refractivity contribution in [2.45, 2.75) is 38.1 Å². The van der Waals surface area contributed by atoms with Gasteiger partial charge in [-0.15, -0.1) is 0 Å². The summed E-state index contributed by atoms with van der Waals surface area (Å²) in [5.74, 6) is 1.02. The van der Waals surface area contributed by atoms with Crippen LogP contribution in [0.4, 0.5) is 0 Å². The second-order valence-electron chi connectivity index (χ2n) is 5.56. The number of hydrogen-bond donors (Lipinski definition) is 2. The lowest BCUT2D eigenvalue weighted by Crippen LogP contribution is -2.53. The summed E-state index contributed by atoms with van der Waals surface area (Å²) in [6, 6.07) is 0.655. The van der Waals surface area contributed by atoms with Gasteiger partial charge in [-0.2, -0.15) is 0 Å². The van der Waals surface area contributed by atoms with E-state index in [0.29, 0.717) is 6.04 Å². The van der Waals surface area contributed by atoms with E-state index >= 15 is 0 Å². The Morgan fingerprint density at radius 1 is 1.31 bits per heavy atom. The first-order chi connectivity index (χ1) is 7.84. The summed E-state index contributed by atoms with van der Waals surface area (Å²) in [7, 11) is 2.21. The van der Waals surface area contributed by atoms with Gasteiger partial charge in [0.05, 0.1) is 0 Å². The lowest BCUT2D eigenvalue weighted by atomic mass is 10.0. The third kappa shape index (κ3) is 4.04. The summed E-state index contributed by atoms with van der Waals surface area (Å²) >= 11 is 0. The van der Waals surface area contributed by atoms with Gasteiger partial charge in [0.1, 0.15) is 0 Å². The monoisotopic (exact) mass is 225 g/mol. The molecule has 1 saturated carbocycles. The van der Waals surface area contributed by atoms with Crippen molar-refractivity contribution in [1.82, 2.24) is 15.5 Å². The molecule has 1 aliphatic heterocycles. The predicted octanol–water partition coefficient (Wildman–Crippen LogP) is 1.06. The van der Waals surface area contributed by atoms with Crippen LogP contribution >= 0.6 is 0 Å². The van der Waals surface area contributed by atoms with Crippen LogP contribution in [-0.2, 0) is 0 Å². The van der Waals surface area contributed by atoms with Gasteiger partial charge in [0, 0.05) is 32.2 Å². The van der Waals surface area contributed by atoms with Gasteiger partial charge in [-0.1, -0.05) is 25.7 Å². The molecular formula is C13H27N3. The number of hydrogen-bond acceptors (Lipinski definition) is 3. The molecule has 0 amide bonds. The minimum atomic E-state index is 0.655. The molecule has 0 bridgehead atoms. The second kappa shape index (κ2) is 6.58. The highest BCUT2D eigenvalue weighted by atomic mass is 15.2. The second-order valence-corrected chi connectivity index (χ2v) is 5.56. The molecule has 1 heterocycles. The summed E-state index contributed by atoms with van der Waals surface area (Å²) in [5, 5.41) is 7.19. The third-order valence-corrected chi connectivity index (χ3v) is 4.05. The minimum Gasteiger partial charge on any atom is -0.315 e. The van der Waals surface area contributed by atoms with Crippen LogP contribution in [0.2, 0.25) is 0 Å². The van der Waals surface area contributed by atoms with E-state index in [2.05, 4.69) is 22.6 Å². The Labute approximate surface area is 100.0 Å². The van der Waals surface area contributed by atoms with Crippen LogP contribution in [-0.4, -0.2) is 50.7 Å². The van der Waals surface area contributed by atoms with Crippen LogP contribution in [0, 0.1) is 5.92 Å². The zero-order valence-electron chi connectivity index (χ0n) is 10.7. The first-order valence-corrected chi connectivity index (χ1v) is 6.97. The molecule has 94 valence electrons. The van der Waals surface area contributed by atoms with E-state index in [4.69, 9.17) is 0 Å². The number of nitrogens with zero attached hydrogens (tertiary/aromatic N) is 1. The molecular weight excluding hydrogens is 198 g/mol. The van der Waals surface area contributed by atoms with Crippen molar-refractivity contribution in [3.05, 3.63) is 0 Å². The summed E-state index contributed by atoms with van der Waals surface area (Å²) in [5.41, 5.74) is 0. The topological polar surface area (TPSA) is 27.3 Å². The maximum absolute atomic E-state index is 3.61. The molecule has 2 N–H and O–H groups in total.